The SMILES string of the molecule is C[n+]1ccc(C=Cc2ccc(NC(=O)CCN)cc2)cc1. The lowest BCUT2D eigenvalue weighted by Crippen LogP contribution is -2.25. The minimum atomic E-state index is -0.0575. The van der Waals surface area contributed by atoms with Crippen molar-refractivity contribution in [2.75, 3.05) is 11.9 Å². The summed E-state index contributed by atoms with van der Waals surface area (Å²) in [4.78, 5) is 11.4. The fraction of sp³-hybridized carbons (Fsp3) is 0.176. The molecule has 1 aromatic carbocycles. The summed E-state index contributed by atoms with van der Waals surface area (Å²) in [6.07, 6.45) is 8.46. The summed E-state index contributed by atoms with van der Waals surface area (Å²) in [7, 11) is 1.99. The van der Waals surface area contributed by atoms with Gasteiger partial charge in [-0.1, -0.05) is 24.3 Å². The van der Waals surface area contributed by atoms with Gasteiger partial charge in [-0.25, -0.2) is 4.57 Å². The van der Waals surface area contributed by atoms with E-state index < -0.39 is 0 Å². The highest BCUT2D eigenvalue weighted by atomic mass is 16.1. The predicted octanol–water partition coefficient (Wildman–Crippen LogP) is 1.97. The fourth-order valence-corrected chi connectivity index (χ4v) is 1.85. The van der Waals surface area contributed by atoms with Crippen molar-refractivity contribution >= 4 is 23.7 Å². The molecule has 2 rings (SSSR count). The van der Waals surface area contributed by atoms with Crippen molar-refractivity contribution in [1.82, 2.24) is 0 Å². The number of carbonyl (C=O) groups is 1. The van der Waals surface area contributed by atoms with Gasteiger partial charge in [-0.3, -0.25) is 4.79 Å². The number of nitrogens with two attached hydrogens (primary N) is 1. The zero-order chi connectivity index (χ0) is 15.1. The third-order valence-corrected chi connectivity index (χ3v) is 3.04. The van der Waals surface area contributed by atoms with Gasteiger partial charge in [0.05, 0.1) is 0 Å². The molecule has 0 aliphatic rings. The average molecular weight is 282 g/mol. The van der Waals surface area contributed by atoms with Crippen LogP contribution in [0.2, 0.25) is 0 Å². The molecule has 4 nitrogen and oxygen atoms in total. The Bertz CT molecular complexity index is 615. The Kier molecular flexibility index (Phi) is 5.23. The van der Waals surface area contributed by atoms with Crippen LogP contribution in [-0.4, -0.2) is 12.5 Å². The molecule has 0 radical (unpaired) electrons. The number of pyridine rings is 1. The van der Waals surface area contributed by atoms with Gasteiger partial charge in [0.25, 0.3) is 0 Å². The van der Waals surface area contributed by atoms with Gasteiger partial charge < -0.3 is 11.1 Å². The van der Waals surface area contributed by atoms with E-state index in [4.69, 9.17) is 5.73 Å². The Balaban J connectivity index is 1.98. The Labute approximate surface area is 124 Å². The van der Waals surface area contributed by atoms with Crippen molar-refractivity contribution in [1.29, 1.82) is 0 Å². The second-order valence-corrected chi connectivity index (χ2v) is 4.84. The molecule has 1 aromatic heterocycles. The highest BCUT2D eigenvalue weighted by molar-refractivity contribution is 5.90. The largest absolute Gasteiger partial charge is 0.330 e. The number of aryl methyl sites for hydroxylation is 1. The Hall–Kier alpha value is -2.46. The summed E-state index contributed by atoms with van der Waals surface area (Å²) in [5.41, 5.74) is 8.36. The number of benzene rings is 1. The first kappa shape index (κ1) is 14.9. The molecule has 3 N–H and O–H groups in total. The summed E-state index contributed by atoms with van der Waals surface area (Å²) in [5.74, 6) is -0.0575. The molecule has 0 spiro atoms. The first-order valence-electron chi connectivity index (χ1n) is 6.91. The van der Waals surface area contributed by atoms with Crippen molar-refractivity contribution in [2.24, 2.45) is 12.8 Å². The van der Waals surface area contributed by atoms with Gasteiger partial charge in [-0.15, -0.1) is 0 Å². The predicted molar refractivity (Wildman–Crippen MR) is 85.3 cm³/mol. The first-order chi connectivity index (χ1) is 10.2. The average Bonchev–Trinajstić information content (AvgIpc) is 2.48. The number of hydrogen-bond donors (Lipinski definition) is 2. The summed E-state index contributed by atoms with van der Waals surface area (Å²) < 4.78 is 2.00. The van der Waals surface area contributed by atoms with Crippen LogP contribution in [0.1, 0.15) is 17.5 Å². The zero-order valence-electron chi connectivity index (χ0n) is 12.1. The van der Waals surface area contributed by atoms with Gasteiger partial charge in [0.2, 0.25) is 5.91 Å². The van der Waals surface area contributed by atoms with Gasteiger partial charge >= 0.3 is 0 Å². The molecule has 0 aliphatic carbocycles. The Morgan fingerprint density at radius 2 is 1.67 bits per heavy atom. The first-order valence-corrected chi connectivity index (χ1v) is 6.91. The van der Waals surface area contributed by atoms with Crippen LogP contribution >= 0.6 is 0 Å². The van der Waals surface area contributed by atoms with Crippen LogP contribution in [-0.2, 0) is 11.8 Å². The van der Waals surface area contributed by atoms with Crippen LogP contribution in [0.5, 0.6) is 0 Å². The smallest absolute Gasteiger partial charge is 0.225 e. The van der Waals surface area contributed by atoms with E-state index in [0.29, 0.717) is 13.0 Å². The molecule has 0 fully saturated rings. The van der Waals surface area contributed by atoms with Crippen molar-refractivity contribution in [3.63, 3.8) is 0 Å². The molecule has 1 heterocycles. The van der Waals surface area contributed by atoms with Gasteiger partial charge in [0.15, 0.2) is 12.4 Å². The Morgan fingerprint density at radius 3 is 2.24 bits per heavy atom. The lowest BCUT2D eigenvalue weighted by Gasteiger charge is -2.04. The second kappa shape index (κ2) is 7.36. The van der Waals surface area contributed by atoms with E-state index in [0.717, 1.165) is 16.8 Å². The number of anilines is 1. The summed E-state index contributed by atoms with van der Waals surface area (Å²) in [6, 6.07) is 11.8. The molecule has 2 aromatic rings. The fourth-order valence-electron chi connectivity index (χ4n) is 1.85. The van der Waals surface area contributed by atoms with Gasteiger partial charge in [0, 0.05) is 30.8 Å². The van der Waals surface area contributed by atoms with E-state index in [1.807, 2.05) is 54.3 Å². The van der Waals surface area contributed by atoms with Crippen LogP contribution in [0.25, 0.3) is 12.2 Å². The Morgan fingerprint density at radius 1 is 1.10 bits per heavy atom. The van der Waals surface area contributed by atoms with E-state index >= 15 is 0 Å². The number of amides is 1. The van der Waals surface area contributed by atoms with Gasteiger partial charge in [0.1, 0.15) is 7.05 Å². The standard InChI is InChI=1S/C17H19N3O/c1-20-12-9-15(10-13-20)3-2-14-4-6-16(7-5-14)19-17(21)8-11-18/h2-7,9-10,12-13H,8,11,18H2,1H3/p+1. The van der Waals surface area contributed by atoms with Crippen molar-refractivity contribution < 1.29 is 9.36 Å². The number of rotatable bonds is 5. The molecule has 0 atom stereocenters. The molecule has 0 unspecified atom stereocenters. The number of nitrogens with zero attached hydrogens (tertiary/aromatic N) is 1. The van der Waals surface area contributed by atoms with E-state index in [2.05, 4.69) is 23.5 Å². The molecule has 0 aliphatic heterocycles. The summed E-state index contributed by atoms with van der Waals surface area (Å²) >= 11 is 0. The molecule has 0 bridgehead atoms. The highest BCUT2D eigenvalue weighted by Gasteiger charge is 2.00. The number of hydrogen-bond acceptors (Lipinski definition) is 2. The highest BCUT2D eigenvalue weighted by Crippen LogP contribution is 2.12. The van der Waals surface area contributed by atoms with E-state index in [9.17, 15) is 4.79 Å². The lowest BCUT2D eigenvalue weighted by molar-refractivity contribution is -0.671. The van der Waals surface area contributed by atoms with E-state index in [1.165, 1.54) is 0 Å². The van der Waals surface area contributed by atoms with Crippen LogP contribution < -0.4 is 15.6 Å². The third-order valence-electron chi connectivity index (χ3n) is 3.04. The van der Waals surface area contributed by atoms with Gasteiger partial charge in [-0.2, -0.15) is 0 Å². The lowest BCUT2D eigenvalue weighted by atomic mass is 10.1. The van der Waals surface area contributed by atoms with Crippen molar-refractivity contribution in [2.45, 2.75) is 6.42 Å². The molecule has 0 saturated heterocycles. The quantitative estimate of drug-likeness (QED) is 0.824. The summed E-state index contributed by atoms with van der Waals surface area (Å²) in [6.45, 7) is 0.363. The summed E-state index contributed by atoms with van der Waals surface area (Å²) in [5, 5.41) is 2.80. The minimum absolute atomic E-state index is 0.0575. The molecular weight excluding hydrogens is 262 g/mol. The maximum atomic E-state index is 11.4. The third kappa shape index (κ3) is 4.85. The maximum Gasteiger partial charge on any atom is 0.225 e. The molecule has 108 valence electrons. The molecule has 1 amide bonds. The van der Waals surface area contributed by atoms with Crippen molar-refractivity contribution in [3.05, 3.63) is 59.9 Å². The molecule has 4 heteroatoms. The van der Waals surface area contributed by atoms with Crippen molar-refractivity contribution in [3.8, 4) is 0 Å². The zero-order valence-corrected chi connectivity index (χ0v) is 12.1. The van der Waals surface area contributed by atoms with E-state index in [1.54, 1.807) is 0 Å². The number of aromatic nitrogens is 1. The van der Waals surface area contributed by atoms with Crippen LogP contribution in [0, 0.1) is 0 Å². The monoisotopic (exact) mass is 282 g/mol. The molecule has 21 heavy (non-hydrogen) atoms. The maximum absolute atomic E-state index is 11.4. The number of carbonyl (C=O) groups excluding carboxylic acids is 1. The number of nitrogens with one attached hydrogen (secondary N) is 1. The van der Waals surface area contributed by atoms with Crippen LogP contribution in [0.3, 0.4) is 0 Å². The molecule has 0 saturated carbocycles. The second-order valence-electron chi connectivity index (χ2n) is 4.84. The topological polar surface area (TPSA) is 59.0 Å². The minimum Gasteiger partial charge on any atom is -0.330 e. The van der Waals surface area contributed by atoms with E-state index in [-0.39, 0.29) is 5.91 Å². The van der Waals surface area contributed by atoms with Crippen LogP contribution in [0.15, 0.2) is 48.8 Å². The molecular formula is C17H20N3O+. The van der Waals surface area contributed by atoms with Crippen LogP contribution in [0.4, 0.5) is 5.69 Å². The van der Waals surface area contributed by atoms with Gasteiger partial charge in [-0.05, 0) is 23.3 Å². The normalized spacial score (nSPS) is 10.8.